The third-order valence-corrected chi connectivity index (χ3v) is 3.33. The predicted octanol–water partition coefficient (Wildman–Crippen LogP) is 1.13. The lowest BCUT2D eigenvalue weighted by molar-refractivity contribution is -0.139. The molecule has 2 rings (SSSR count). The van der Waals surface area contributed by atoms with Crippen molar-refractivity contribution in [3.05, 3.63) is 17.0 Å². The van der Waals surface area contributed by atoms with Gasteiger partial charge in [0.1, 0.15) is 6.04 Å². The number of H-pyrrole nitrogens is 1. The molecule has 0 aromatic carbocycles. The molecule has 3 N–H and O–H groups in total. The first-order valence-electron chi connectivity index (χ1n) is 6.58. The Morgan fingerprint density at radius 2 is 2.16 bits per heavy atom. The third-order valence-electron chi connectivity index (χ3n) is 3.33. The molecule has 1 amide bonds. The fourth-order valence-electron chi connectivity index (χ4n) is 2.43. The second kappa shape index (κ2) is 5.42. The average Bonchev–Trinajstić information content (AvgIpc) is 2.88. The summed E-state index contributed by atoms with van der Waals surface area (Å²) >= 11 is 0. The van der Waals surface area contributed by atoms with E-state index in [9.17, 15) is 9.59 Å². The molecule has 0 bridgehead atoms. The van der Waals surface area contributed by atoms with E-state index in [0.29, 0.717) is 12.1 Å². The van der Waals surface area contributed by atoms with Crippen LogP contribution in [0.25, 0.3) is 0 Å². The maximum atomic E-state index is 12.1. The topological polar surface area (TPSA) is 95.1 Å². The monoisotopic (exact) mass is 265 g/mol. The Balaban J connectivity index is 2.08. The van der Waals surface area contributed by atoms with Gasteiger partial charge in [-0.05, 0) is 31.6 Å². The molecule has 19 heavy (non-hydrogen) atoms. The van der Waals surface area contributed by atoms with Gasteiger partial charge in [0.25, 0.3) is 5.91 Å². The van der Waals surface area contributed by atoms with Crippen LogP contribution in [0.2, 0.25) is 0 Å². The van der Waals surface area contributed by atoms with Crippen LogP contribution in [0.5, 0.6) is 0 Å². The molecule has 1 heterocycles. The standard InChI is InChI=1S/C13H19N3O3/c1-7(2)6-10(13(18)19)14-12(17)11-8-4-3-5-9(8)15-16-11/h7,10H,3-6H2,1-2H3,(H,14,17)(H,15,16)(H,18,19)/t10-/m1/s1. The molecule has 104 valence electrons. The zero-order valence-electron chi connectivity index (χ0n) is 11.2. The third kappa shape index (κ3) is 2.94. The normalized spacial score (nSPS) is 15.3. The molecule has 0 unspecified atom stereocenters. The van der Waals surface area contributed by atoms with Gasteiger partial charge in [-0.25, -0.2) is 4.79 Å². The SMILES string of the molecule is CC(C)C[C@@H](NC(=O)c1n[nH]c2c1CCC2)C(=O)O. The molecular formula is C13H19N3O3. The number of nitrogens with zero attached hydrogens (tertiary/aromatic N) is 1. The average molecular weight is 265 g/mol. The Hall–Kier alpha value is -1.85. The lowest BCUT2D eigenvalue weighted by atomic mass is 10.0. The molecular weight excluding hydrogens is 246 g/mol. The Bertz CT molecular complexity index is 493. The highest BCUT2D eigenvalue weighted by molar-refractivity contribution is 5.96. The molecule has 1 atom stereocenters. The number of rotatable bonds is 5. The molecule has 1 aliphatic carbocycles. The van der Waals surface area contributed by atoms with Crippen molar-refractivity contribution in [2.45, 2.75) is 45.6 Å². The Labute approximate surface area is 111 Å². The first-order valence-corrected chi connectivity index (χ1v) is 6.58. The van der Waals surface area contributed by atoms with Gasteiger partial charge in [-0.2, -0.15) is 5.10 Å². The van der Waals surface area contributed by atoms with Crippen molar-refractivity contribution >= 4 is 11.9 Å². The first-order chi connectivity index (χ1) is 8.99. The van der Waals surface area contributed by atoms with E-state index in [1.807, 2.05) is 13.8 Å². The number of aliphatic carboxylic acids is 1. The second-order valence-electron chi connectivity index (χ2n) is 5.38. The van der Waals surface area contributed by atoms with E-state index in [0.717, 1.165) is 30.5 Å². The fourth-order valence-corrected chi connectivity index (χ4v) is 2.43. The summed E-state index contributed by atoms with van der Waals surface area (Å²) < 4.78 is 0. The minimum absolute atomic E-state index is 0.200. The van der Waals surface area contributed by atoms with Gasteiger partial charge >= 0.3 is 5.97 Å². The number of nitrogens with one attached hydrogen (secondary N) is 2. The van der Waals surface area contributed by atoms with Gasteiger partial charge < -0.3 is 10.4 Å². The smallest absolute Gasteiger partial charge is 0.326 e. The summed E-state index contributed by atoms with van der Waals surface area (Å²) in [6.07, 6.45) is 3.16. The Morgan fingerprint density at radius 1 is 1.42 bits per heavy atom. The van der Waals surface area contributed by atoms with Crippen LogP contribution >= 0.6 is 0 Å². The maximum Gasteiger partial charge on any atom is 0.326 e. The summed E-state index contributed by atoms with van der Waals surface area (Å²) in [6, 6.07) is -0.860. The highest BCUT2D eigenvalue weighted by Crippen LogP contribution is 2.22. The van der Waals surface area contributed by atoms with Crippen LogP contribution in [0.4, 0.5) is 0 Å². The molecule has 0 radical (unpaired) electrons. The summed E-state index contributed by atoms with van der Waals surface area (Å²) in [5.74, 6) is -1.20. The molecule has 0 aliphatic heterocycles. The van der Waals surface area contributed by atoms with E-state index < -0.39 is 17.9 Å². The summed E-state index contributed by atoms with van der Waals surface area (Å²) in [4.78, 5) is 23.2. The van der Waals surface area contributed by atoms with Crippen molar-refractivity contribution in [1.29, 1.82) is 0 Å². The predicted molar refractivity (Wildman–Crippen MR) is 69.0 cm³/mol. The van der Waals surface area contributed by atoms with Crippen LogP contribution in [-0.2, 0) is 17.6 Å². The van der Waals surface area contributed by atoms with Crippen molar-refractivity contribution in [2.75, 3.05) is 0 Å². The summed E-state index contributed by atoms with van der Waals surface area (Å²) in [5.41, 5.74) is 2.29. The molecule has 6 nitrogen and oxygen atoms in total. The molecule has 1 aliphatic rings. The highest BCUT2D eigenvalue weighted by Gasteiger charge is 2.27. The number of carboxylic acids is 1. The highest BCUT2D eigenvalue weighted by atomic mass is 16.4. The van der Waals surface area contributed by atoms with Gasteiger partial charge in [0.05, 0.1) is 0 Å². The fraction of sp³-hybridized carbons (Fsp3) is 0.615. The minimum atomic E-state index is -1.01. The molecule has 0 spiro atoms. The van der Waals surface area contributed by atoms with Crippen LogP contribution in [0, 0.1) is 5.92 Å². The summed E-state index contributed by atoms with van der Waals surface area (Å²) in [6.45, 7) is 3.85. The van der Waals surface area contributed by atoms with Gasteiger partial charge in [0.15, 0.2) is 5.69 Å². The molecule has 1 aromatic heterocycles. The van der Waals surface area contributed by atoms with E-state index in [2.05, 4.69) is 15.5 Å². The number of aryl methyl sites for hydroxylation is 1. The van der Waals surface area contributed by atoms with E-state index in [1.54, 1.807) is 0 Å². The van der Waals surface area contributed by atoms with Crippen LogP contribution in [-0.4, -0.2) is 33.2 Å². The lowest BCUT2D eigenvalue weighted by Crippen LogP contribution is -2.42. The van der Waals surface area contributed by atoms with Crippen molar-refractivity contribution < 1.29 is 14.7 Å². The Kier molecular flexibility index (Phi) is 3.87. The molecule has 0 saturated carbocycles. The number of fused-ring (bicyclic) bond motifs is 1. The number of carbonyl (C=O) groups excluding carboxylic acids is 1. The van der Waals surface area contributed by atoms with Crippen molar-refractivity contribution in [1.82, 2.24) is 15.5 Å². The molecule has 0 saturated heterocycles. The number of hydrogen-bond acceptors (Lipinski definition) is 3. The zero-order valence-corrected chi connectivity index (χ0v) is 11.2. The maximum absolute atomic E-state index is 12.1. The number of hydrogen-bond donors (Lipinski definition) is 3. The van der Waals surface area contributed by atoms with E-state index >= 15 is 0 Å². The Morgan fingerprint density at radius 3 is 2.79 bits per heavy atom. The summed E-state index contributed by atoms with van der Waals surface area (Å²) in [5, 5.41) is 18.5. The zero-order chi connectivity index (χ0) is 14.0. The minimum Gasteiger partial charge on any atom is -0.480 e. The van der Waals surface area contributed by atoms with E-state index in [1.165, 1.54) is 0 Å². The second-order valence-corrected chi connectivity index (χ2v) is 5.38. The number of aromatic amines is 1. The van der Waals surface area contributed by atoms with E-state index in [-0.39, 0.29) is 5.92 Å². The van der Waals surface area contributed by atoms with Crippen molar-refractivity contribution in [3.63, 3.8) is 0 Å². The van der Waals surface area contributed by atoms with Crippen LogP contribution in [0.1, 0.15) is 48.4 Å². The quantitative estimate of drug-likeness (QED) is 0.743. The van der Waals surface area contributed by atoms with Gasteiger partial charge in [-0.15, -0.1) is 0 Å². The van der Waals surface area contributed by atoms with Crippen LogP contribution in [0.15, 0.2) is 0 Å². The van der Waals surface area contributed by atoms with Crippen molar-refractivity contribution in [2.24, 2.45) is 5.92 Å². The number of carbonyl (C=O) groups is 2. The first kappa shape index (κ1) is 13.6. The largest absolute Gasteiger partial charge is 0.480 e. The molecule has 1 aromatic rings. The lowest BCUT2D eigenvalue weighted by Gasteiger charge is -2.15. The molecule has 6 heteroatoms. The number of carboxylic acid groups (broad SMARTS) is 1. The van der Waals surface area contributed by atoms with Gasteiger partial charge in [0, 0.05) is 11.3 Å². The van der Waals surface area contributed by atoms with Gasteiger partial charge in [-0.3, -0.25) is 9.89 Å². The number of amides is 1. The van der Waals surface area contributed by atoms with Crippen LogP contribution < -0.4 is 5.32 Å². The number of aromatic nitrogens is 2. The van der Waals surface area contributed by atoms with E-state index in [4.69, 9.17) is 5.11 Å². The molecule has 0 fully saturated rings. The van der Waals surface area contributed by atoms with Gasteiger partial charge in [-0.1, -0.05) is 13.8 Å². The van der Waals surface area contributed by atoms with Crippen molar-refractivity contribution in [3.8, 4) is 0 Å². The summed E-state index contributed by atoms with van der Waals surface area (Å²) in [7, 11) is 0. The van der Waals surface area contributed by atoms with Crippen LogP contribution in [0.3, 0.4) is 0 Å². The van der Waals surface area contributed by atoms with Gasteiger partial charge in [0.2, 0.25) is 0 Å².